The second-order valence-electron chi connectivity index (χ2n) is 3.74. The Morgan fingerprint density at radius 1 is 1.41 bits per heavy atom. The van der Waals surface area contributed by atoms with Gasteiger partial charge in [0.15, 0.2) is 0 Å². The molecule has 1 aliphatic rings. The number of nitrogens with one attached hydrogen (secondary N) is 1. The molecule has 0 bridgehead atoms. The van der Waals surface area contributed by atoms with Crippen LogP contribution in [-0.4, -0.2) is 52.1 Å². The van der Waals surface area contributed by atoms with Crippen molar-refractivity contribution < 1.29 is 4.79 Å². The second-order valence-corrected chi connectivity index (χ2v) is 5.95. The minimum absolute atomic E-state index is 0.0207. The highest BCUT2D eigenvalue weighted by Gasteiger charge is 2.21. The molecule has 94 valence electrons. The maximum absolute atomic E-state index is 12.1. The summed E-state index contributed by atoms with van der Waals surface area (Å²) in [4.78, 5) is 13.9. The van der Waals surface area contributed by atoms with Crippen LogP contribution in [0.5, 0.6) is 0 Å². The van der Waals surface area contributed by atoms with Gasteiger partial charge in [0.2, 0.25) is 10.1 Å². The zero-order chi connectivity index (χ0) is 12.1. The molecule has 1 N–H and O–H groups in total. The standard InChI is InChI=1S/C10H16N4OS2/c1-2-3-11-10-13-12-8(17-10)9(15)14-4-6-16-7-5-14/h2-7H2,1H3,(H,11,13). The van der Waals surface area contributed by atoms with Gasteiger partial charge in [-0.15, -0.1) is 10.2 Å². The van der Waals surface area contributed by atoms with Crippen LogP contribution in [0.3, 0.4) is 0 Å². The second kappa shape index (κ2) is 6.20. The molecule has 17 heavy (non-hydrogen) atoms. The Morgan fingerprint density at radius 2 is 2.18 bits per heavy atom. The van der Waals surface area contributed by atoms with Gasteiger partial charge in [0.1, 0.15) is 0 Å². The molecule has 1 saturated heterocycles. The summed E-state index contributed by atoms with van der Waals surface area (Å²) >= 11 is 3.23. The van der Waals surface area contributed by atoms with Crippen LogP contribution in [0.1, 0.15) is 23.1 Å². The van der Waals surface area contributed by atoms with Crippen LogP contribution in [0.4, 0.5) is 5.13 Å². The molecule has 1 amide bonds. The van der Waals surface area contributed by atoms with Crippen LogP contribution in [0.25, 0.3) is 0 Å². The highest BCUT2D eigenvalue weighted by molar-refractivity contribution is 7.99. The van der Waals surface area contributed by atoms with Crippen molar-refractivity contribution in [1.29, 1.82) is 0 Å². The number of rotatable bonds is 4. The Morgan fingerprint density at radius 3 is 2.88 bits per heavy atom. The van der Waals surface area contributed by atoms with E-state index in [1.54, 1.807) is 0 Å². The topological polar surface area (TPSA) is 58.1 Å². The SMILES string of the molecule is CCCNc1nnc(C(=O)N2CCSCC2)s1. The van der Waals surface area contributed by atoms with Gasteiger partial charge < -0.3 is 10.2 Å². The lowest BCUT2D eigenvalue weighted by Crippen LogP contribution is -2.37. The van der Waals surface area contributed by atoms with Crippen molar-refractivity contribution in [3.63, 3.8) is 0 Å². The van der Waals surface area contributed by atoms with Crippen molar-refractivity contribution >= 4 is 34.1 Å². The van der Waals surface area contributed by atoms with E-state index in [4.69, 9.17) is 0 Å². The van der Waals surface area contributed by atoms with Gasteiger partial charge in [0.25, 0.3) is 5.91 Å². The number of nitrogens with zero attached hydrogens (tertiary/aromatic N) is 3. The molecule has 1 aromatic heterocycles. The van der Waals surface area contributed by atoms with E-state index in [0.717, 1.165) is 42.7 Å². The monoisotopic (exact) mass is 272 g/mol. The van der Waals surface area contributed by atoms with E-state index < -0.39 is 0 Å². The molecule has 0 aliphatic carbocycles. The van der Waals surface area contributed by atoms with Gasteiger partial charge in [0.05, 0.1) is 0 Å². The van der Waals surface area contributed by atoms with E-state index in [1.165, 1.54) is 11.3 Å². The minimum Gasteiger partial charge on any atom is -0.360 e. The molecule has 0 atom stereocenters. The molecule has 1 aromatic rings. The quantitative estimate of drug-likeness (QED) is 0.901. The molecule has 0 saturated carbocycles. The highest BCUT2D eigenvalue weighted by atomic mass is 32.2. The van der Waals surface area contributed by atoms with Gasteiger partial charge in [-0.25, -0.2) is 0 Å². The van der Waals surface area contributed by atoms with Crippen molar-refractivity contribution in [1.82, 2.24) is 15.1 Å². The number of thioether (sulfide) groups is 1. The first-order valence-electron chi connectivity index (χ1n) is 5.75. The number of aromatic nitrogens is 2. The van der Waals surface area contributed by atoms with Gasteiger partial charge in [-0.05, 0) is 6.42 Å². The van der Waals surface area contributed by atoms with Gasteiger partial charge in [-0.1, -0.05) is 18.3 Å². The largest absolute Gasteiger partial charge is 0.360 e. The molecule has 1 aliphatic heterocycles. The van der Waals surface area contributed by atoms with E-state index >= 15 is 0 Å². The van der Waals surface area contributed by atoms with Crippen molar-refractivity contribution in [3.05, 3.63) is 5.01 Å². The predicted molar refractivity (Wildman–Crippen MR) is 71.9 cm³/mol. The fourth-order valence-corrected chi connectivity index (χ4v) is 3.15. The van der Waals surface area contributed by atoms with Gasteiger partial charge in [0, 0.05) is 31.1 Å². The van der Waals surface area contributed by atoms with Crippen LogP contribution in [0, 0.1) is 0 Å². The first kappa shape index (κ1) is 12.6. The zero-order valence-electron chi connectivity index (χ0n) is 9.81. The third-order valence-corrected chi connectivity index (χ3v) is 4.24. The summed E-state index contributed by atoms with van der Waals surface area (Å²) in [6.45, 7) is 4.59. The van der Waals surface area contributed by atoms with E-state index in [2.05, 4.69) is 22.4 Å². The van der Waals surface area contributed by atoms with Crippen molar-refractivity contribution in [3.8, 4) is 0 Å². The average Bonchev–Trinajstić information content (AvgIpc) is 2.85. The minimum atomic E-state index is 0.0207. The Kier molecular flexibility index (Phi) is 4.61. The third-order valence-electron chi connectivity index (χ3n) is 2.43. The molecule has 2 rings (SSSR count). The summed E-state index contributed by atoms with van der Waals surface area (Å²) in [5, 5.41) is 12.3. The number of anilines is 1. The van der Waals surface area contributed by atoms with Crippen molar-refractivity contribution in [2.75, 3.05) is 36.5 Å². The smallest absolute Gasteiger partial charge is 0.284 e. The Bertz CT molecular complexity index is 376. The van der Waals surface area contributed by atoms with Crippen molar-refractivity contribution in [2.24, 2.45) is 0 Å². The van der Waals surface area contributed by atoms with Gasteiger partial charge in [-0.3, -0.25) is 4.79 Å². The number of carbonyl (C=O) groups is 1. The molecule has 0 unspecified atom stereocenters. The van der Waals surface area contributed by atoms with Crippen LogP contribution in [0.15, 0.2) is 0 Å². The molecule has 0 radical (unpaired) electrons. The molecular weight excluding hydrogens is 256 g/mol. The van der Waals surface area contributed by atoms with Gasteiger partial charge in [-0.2, -0.15) is 11.8 Å². The molecular formula is C10H16N4OS2. The molecule has 0 spiro atoms. The normalized spacial score (nSPS) is 15.9. The highest BCUT2D eigenvalue weighted by Crippen LogP contribution is 2.18. The molecule has 7 heteroatoms. The molecule has 5 nitrogen and oxygen atoms in total. The maximum atomic E-state index is 12.1. The summed E-state index contributed by atoms with van der Waals surface area (Å²) in [5.74, 6) is 2.06. The predicted octanol–water partition coefficient (Wildman–Crippen LogP) is 1.55. The van der Waals surface area contributed by atoms with Crippen LogP contribution < -0.4 is 5.32 Å². The molecule has 2 heterocycles. The summed E-state index contributed by atoms with van der Waals surface area (Å²) in [5.41, 5.74) is 0. The van der Waals surface area contributed by atoms with Crippen LogP contribution in [-0.2, 0) is 0 Å². The van der Waals surface area contributed by atoms with Gasteiger partial charge >= 0.3 is 0 Å². The van der Waals surface area contributed by atoms with E-state index in [-0.39, 0.29) is 5.91 Å². The summed E-state index contributed by atoms with van der Waals surface area (Å²) in [6.07, 6.45) is 1.03. The van der Waals surface area contributed by atoms with Crippen LogP contribution >= 0.6 is 23.1 Å². The van der Waals surface area contributed by atoms with E-state index in [9.17, 15) is 4.79 Å². The average molecular weight is 272 g/mol. The maximum Gasteiger partial charge on any atom is 0.284 e. The first-order valence-corrected chi connectivity index (χ1v) is 7.72. The van der Waals surface area contributed by atoms with E-state index in [1.807, 2.05) is 16.7 Å². The lowest BCUT2D eigenvalue weighted by molar-refractivity contribution is 0.0771. The number of hydrogen-bond acceptors (Lipinski definition) is 6. The number of amides is 1. The molecule has 1 fully saturated rings. The zero-order valence-corrected chi connectivity index (χ0v) is 11.4. The molecule has 0 aromatic carbocycles. The Balaban J connectivity index is 1.96. The third kappa shape index (κ3) is 3.32. The first-order chi connectivity index (χ1) is 8.31. The van der Waals surface area contributed by atoms with E-state index in [0.29, 0.717) is 5.01 Å². The Hall–Kier alpha value is -0.820. The summed E-state index contributed by atoms with van der Waals surface area (Å²) < 4.78 is 0. The summed E-state index contributed by atoms with van der Waals surface area (Å²) in [7, 11) is 0. The summed E-state index contributed by atoms with van der Waals surface area (Å²) in [6, 6.07) is 0. The number of hydrogen-bond donors (Lipinski definition) is 1. The number of carbonyl (C=O) groups excluding carboxylic acids is 1. The lowest BCUT2D eigenvalue weighted by Gasteiger charge is -2.25. The lowest BCUT2D eigenvalue weighted by atomic mass is 10.4. The Labute approximate surface area is 109 Å². The fraction of sp³-hybridized carbons (Fsp3) is 0.700. The van der Waals surface area contributed by atoms with Crippen molar-refractivity contribution in [2.45, 2.75) is 13.3 Å². The fourth-order valence-electron chi connectivity index (χ4n) is 1.51. The van der Waals surface area contributed by atoms with Crippen LogP contribution in [0.2, 0.25) is 0 Å².